The number of nitrogens with two attached hydrogens (primary N) is 1. The Morgan fingerprint density at radius 2 is 1.64 bits per heavy atom. The molecular formula is C16H15N3O3. The molecule has 0 saturated heterocycles. The van der Waals surface area contributed by atoms with Crippen LogP contribution in [-0.2, 0) is 0 Å². The summed E-state index contributed by atoms with van der Waals surface area (Å²) in [4.78, 5) is 23.3. The van der Waals surface area contributed by atoms with Gasteiger partial charge in [0.2, 0.25) is 0 Å². The number of aromatic carboxylic acids is 1. The minimum absolute atomic E-state index is 0.0391. The summed E-state index contributed by atoms with van der Waals surface area (Å²) in [5, 5.41) is 15.4. The summed E-state index contributed by atoms with van der Waals surface area (Å²) < 4.78 is 0. The molecule has 22 heavy (non-hydrogen) atoms. The molecule has 0 radical (unpaired) electrons. The number of carbonyl (C=O) groups excluding carboxylic acids is 1. The summed E-state index contributed by atoms with van der Waals surface area (Å²) in [6, 6.07) is 13.0. The van der Waals surface area contributed by atoms with Crippen LogP contribution in [0.25, 0.3) is 0 Å². The molecule has 4 N–H and O–H groups in total. The second kappa shape index (κ2) is 6.53. The van der Waals surface area contributed by atoms with E-state index in [-0.39, 0.29) is 11.1 Å². The van der Waals surface area contributed by atoms with Crippen LogP contribution in [0, 0.1) is 0 Å². The van der Waals surface area contributed by atoms with E-state index < -0.39 is 11.9 Å². The minimum Gasteiger partial charge on any atom is -0.478 e. The molecule has 112 valence electrons. The third-order valence-corrected chi connectivity index (χ3v) is 3.16. The van der Waals surface area contributed by atoms with E-state index in [1.165, 1.54) is 12.1 Å². The normalized spacial score (nSPS) is 11.0. The first-order valence-electron chi connectivity index (χ1n) is 6.51. The first-order valence-corrected chi connectivity index (χ1v) is 6.51. The van der Waals surface area contributed by atoms with Gasteiger partial charge in [-0.3, -0.25) is 4.79 Å². The molecule has 2 aromatic rings. The Bertz CT molecular complexity index is 737. The third-order valence-electron chi connectivity index (χ3n) is 3.16. The van der Waals surface area contributed by atoms with Crippen LogP contribution >= 0.6 is 0 Å². The molecule has 0 aliphatic carbocycles. The van der Waals surface area contributed by atoms with E-state index >= 15 is 0 Å². The zero-order chi connectivity index (χ0) is 16.1. The van der Waals surface area contributed by atoms with Gasteiger partial charge in [-0.2, -0.15) is 5.10 Å². The van der Waals surface area contributed by atoms with Gasteiger partial charge in [0.15, 0.2) is 0 Å². The highest BCUT2D eigenvalue weighted by atomic mass is 16.4. The maximum absolute atomic E-state index is 12.2. The van der Waals surface area contributed by atoms with Gasteiger partial charge >= 0.3 is 5.97 Å². The summed E-state index contributed by atoms with van der Waals surface area (Å²) >= 11 is 0. The highest BCUT2D eigenvalue weighted by molar-refractivity contribution is 6.10. The highest BCUT2D eigenvalue weighted by Gasteiger charge is 2.15. The Balaban J connectivity index is 2.21. The average Bonchev–Trinajstić information content (AvgIpc) is 2.54. The van der Waals surface area contributed by atoms with Crippen LogP contribution < -0.4 is 11.2 Å². The molecule has 0 aromatic heterocycles. The number of nitrogens with zero attached hydrogens (tertiary/aromatic N) is 1. The Morgan fingerprint density at radius 1 is 1.05 bits per heavy atom. The lowest BCUT2D eigenvalue weighted by atomic mass is 10.1. The van der Waals surface area contributed by atoms with E-state index in [0.717, 1.165) is 5.56 Å². The molecule has 0 saturated carbocycles. The van der Waals surface area contributed by atoms with Crippen LogP contribution in [0.5, 0.6) is 0 Å². The van der Waals surface area contributed by atoms with Crippen LogP contribution in [0.4, 0.5) is 5.69 Å². The van der Waals surface area contributed by atoms with E-state index in [4.69, 9.17) is 10.9 Å². The highest BCUT2D eigenvalue weighted by Crippen LogP contribution is 2.14. The number of anilines is 1. The molecule has 0 heterocycles. The molecule has 0 unspecified atom stereocenters. The molecule has 1 amide bonds. The molecule has 2 aromatic carbocycles. The Morgan fingerprint density at radius 3 is 2.18 bits per heavy atom. The number of carbonyl (C=O) groups is 2. The number of nitrogens with one attached hydrogen (secondary N) is 1. The number of benzene rings is 2. The van der Waals surface area contributed by atoms with Crippen molar-refractivity contribution >= 4 is 23.3 Å². The van der Waals surface area contributed by atoms with Gasteiger partial charge in [0, 0.05) is 5.69 Å². The van der Waals surface area contributed by atoms with Crippen molar-refractivity contribution in [3.63, 3.8) is 0 Å². The number of rotatable bonds is 4. The monoisotopic (exact) mass is 297 g/mol. The molecule has 0 aliphatic rings. The smallest absolute Gasteiger partial charge is 0.336 e. The maximum atomic E-state index is 12.2. The quantitative estimate of drug-likeness (QED) is 0.457. The first kappa shape index (κ1) is 15.2. The predicted molar refractivity (Wildman–Crippen MR) is 84.2 cm³/mol. The SMILES string of the molecule is CC(=NN)c1ccc(NC(=O)c2ccccc2C(=O)O)cc1. The predicted octanol–water partition coefficient (Wildman–Crippen LogP) is 2.32. The van der Waals surface area contributed by atoms with Gasteiger partial charge < -0.3 is 16.3 Å². The topological polar surface area (TPSA) is 105 Å². The van der Waals surface area contributed by atoms with Crippen molar-refractivity contribution in [1.82, 2.24) is 0 Å². The Kier molecular flexibility index (Phi) is 4.53. The summed E-state index contributed by atoms with van der Waals surface area (Å²) in [5.74, 6) is 3.59. The van der Waals surface area contributed by atoms with Gasteiger partial charge in [-0.05, 0) is 36.8 Å². The number of hydrogen-bond donors (Lipinski definition) is 3. The zero-order valence-electron chi connectivity index (χ0n) is 11.9. The van der Waals surface area contributed by atoms with E-state index in [0.29, 0.717) is 11.4 Å². The second-order valence-corrected chi connectivity index (χ2v) is 4.60. The average molecular weight is 297 g/mol. The Labute approximate surface area is 127 Å². The van der Waals surface area contributed by atoms with Gasteiger partial charge in [-0.25, -0.2) is 4.79 Å². The van der Waals surface area contributed by atoms with E-state index in [9.17, 15) is 9.59 Å². The fourth-order valence-electron chi connectivity index (χ4n) is 1.94. The van der Waals surface area contributed by atoms with E-state index in [1.54, 1.807) is 43.3 Å². The van der Waals surface area contributed by atoms with Crippen molar-refractivity contribution in [2.75, 3.05) is 5.32 Å². The lowest BCUT2D eigenvalue weighted by Crippen LogP contribution is -2.16. The van der Waals surface area contributed by atoms with Crippen molar-refractivity contribution in [3.8, 4) is 0 Å². The number of carboxylic acids is 1. The van der Waals surface area contributed by atoms with Crippen molar-refractivity contribution in [1.29, 1.82) is 0 Å². The van der Waals surface area contributed by atoms with Crippen molar-refractivity contribution in [3.05, 3.63) is 65.2 Å². The molecule has 6 nitrogen and oxygen atoms in total. The van der Waals surface area contributed by atoms with Gasteiger partial charge in [0.1, 0.15) is 0 Å². The number of amides is 1. The maximum Gasteiger partial charge on any atom is 0.336 e. The molecule has 6 heteroatoms. The van der Waals surface area contributed by atoms with Gasteiger partial charge in [0.05, 0.1) is 16.8 Å². The van der Waals surface area contributed by atoms with Crippen molar-refractivity contribution in [2.24, 2.45) is 10.9 Å². The van der Waals surface area contributed by atoms with Crippen LogP contribution in [0.2, 0.25) is 0 Å². The molecule has 0 spiro atoms. The van der Waals surface area contributed by atoms with Gasteiger partial charge in [-0.1, -0.05) is 24.3 Å². The number of hydrazone groups is 1. The number of carboxylic acid groups (broad SMARTS) is 1. The number of hydrogen-bond acceptors (Lipinski definition) is 4. The van der Waals surface area contributed by atoms with E-state index in [2.05, 4.69) is 10.4 Å². The zero-order valence-corrected chi connectivity index (χ0v) is 11.9. The summed E-state index contributed by atoms with van der Waals surface area (Å²) in [5.41, 5.74) is 2.14. The van der Waals surface area contributed by atoms with Gasteiger partial charge in [-0.15, -0.1) is 0 Å². The summed E-state index contributed by atoms with van der Waals surface area (Å²) in [6.07, 6.45) is 0. The second-order valence-electron chi connectivity index (χ2n) is 4.60. The molecule has 0 aliphatic heterocycles. The fourth-order valence-corrected chi connectivity index (χ4v) is 1.94. The summed E-state index contributed by atoms with van der Waals surface area (Å²) in [7, 11) is 0. The van der Waals surface area contributed by atoms with Crippen LogP contribution in [-0.4, -0.2) is 22.7 Å². The van der Waals surface area contributed by atoms with Crippen molar-refractivity contribution in [2.45, 2.75) is 6.92 Å². The van der Waals surface area contributed by atoms with Crippen LogP contribution in [0.1, 0.15) is 33.2 Å². The molecule has 0 bridgehead atoms. The molecule has 0 fully saturated rings. The fraction of sp³-hybridized carbons (Fsp3) is 0.0625. The van der Waals surface area contributed by atoms with Crippen molar-refractivity contribution < 1.29 is 14.7 Å². The lowest BCUT2D eigenvalue weighted by Gasteiger charge is -2.08. The standard InChI is InChI=1S/C16H15N3O3/c1-10(19-17)11-6-8-12(9-7-11)18-15(20)13-4-2-3-5-14(13)16(21)22/h2-9H,17H2,1H3,(H,18,20)(H,21,22). The molecule has 2 rings (SSSR count). The molecule has 0 atom stereocenters. The largest absolute Gasteiger partial charge is 0.478 e. The van der Waals surface area contributed by atoms with Gasteiger partial charge in [0.25, 0.3) is 5.91 Å². The third kappa shape index (κ3) is 3.29. The lowest BCUT2D eigenvalue weighted by molar-refractivity contribution is 0.0692. The summed E-state index contributed by atoms with van der Waals surface area (Å²) in [6.45, 7) is 1.77. The van der Waals surface area contributed by atoms with Crippen LogP contribution in [0.15, 0.2) is 53.6 Å². The molecular weight excluding hydrogens is 282 g/mol. The first-order chi connectivity index (χ1) is 10.5. The minimum atomic E-state index is -1.14. The Hall–Kier alpha value is -3.15. The van der Waals surface area contributed by atoms with E-state index in [1.807, 2.05) is 0 Å². The van der Waals surface area contributed by atoms with Crippen LogP contribution in [0.3, 0.4) is 0 Å².